The van der Waals surface area contributed by atoms with E-state index in [0.29, 0.717) is 25.3 Å². The lowest BCUT2D eigenvalue weighted by atomic mass is 10.1. The summed E-state index contributed by atoms with van der Waals surface area (Å²) >= 11 is 0. The number of amides is 1. The number of halogens is 1. The summed E-state index contributed by atoms with van der Waals surface area (Å²) < 4.78 is 13.0. The van der Waals surface area contributed by atoms with Crippen LogP contribution in [-0.2, 0) is 13.0 Å². The summed E-state index contributed by atoms with van der Waals surface area (Å²) in [6, 6.07) is 6.50. The maximum atomic E-state index is 13.0. The Balaban J connectivity index is 1.43. The minimum absolute atomic E-state index is 0.00467. The SMILES string of the molecule is O=C(c1n[nH]c2c1CNCC2)N1CCN(c2ccc(F)cc2)CC1. The molecule has 1 aromatic heterocycles. The van der Waals surface area contributed by atoms with Crippen molar-refractivity contribution in [2.24, 2.45) is 0 Å². The number of hydrogen-bond donors (Lipinski definition) is 2. The number of benzene rings is 1. The summed E-state index contributed by atoms with van der Waals surface area (Å²) in [6.07, 6.45) is 0.883. The third kappa shape index (κ3) is 2.75. The normalized spacial score (nSPS) is 17.7. The van der Waals surface area contributed by atoms with Gasteiger partial charge >= 0.3 is 0 Å². The Labute approximate surface area is 139 Å². The molecular formula is C17H20FN5O. The van der Waals surface area contributed by atoms with Crippen molar-refractivity contribution in [2.45, 2.75) is 13.0 Å². The van der Waals surface area contributed by atoms with Crippen molar-refractivity contribution in [2.75, 3.05) is 37.6 Å². The molecule has 6 nitrogen and oxygen atoms in total. The van der Waals surface area contributed by atoms with Crippen molar-refractivity contribution >= 4 is 11.6 Å². The largest absolute Gasteiger partial charge is 0.368 e. The molecule has 0 radical (unpaired) electrons. The zero-order valence-corrected chi connectivity index (χ0v) is 13.4. The highest BCUT2D eigenvalue weighted by Gasteiger charge is 2.28. The molecule has 0 saturated carbocycles. The Morgan fingerprint density at radius 2 is 1.88 bits per heavy atom. The first-order valence-corrected chi connectivity index (χ1v) is 8.29. The molecule has 7 heteroatoms. The Morgan fingerprint density at radius 3 is 2.62 bits per heavy atom. The monoisotopic (exact) mass is 329 g/mol. The van der Waals surface area contributed by atoms with Crippen LogP contribution in [0.1, 0.15) is 21.7 Å². The molecule has 1 fully saturated rings. The molecule has 0 spiro atoms. The first-order valence-electron chi connectivity index (χ1n) is 8.29. The average molecular weight is 329 g/mol. The highest BCUT2D eigenvalue weighted by molar-refractivity contribution is 5.94. The van der Waals surface area contributed by atoms with Crippen molar-refractivity contribution in [3.8, 4) is 0 Å². The van der Waals surface area contributed by atoms with Gasteiger partial charge in [0.2, 0.25) is 0 Å². The molecule has 2 aromatic rings. The van der Waals surface area contributed by atoms with Crippen LogP contribution in [-0.4, -0.2) is 53.7 Å². The van der Waals surface area contributed by atoms with E-state index in [0.717, 1.165) is 43.0 Å². The number of nitrogens with one attached hydrogen (secondary N) is 2. The van der Waals surface area contributed by atoms with Gasteiger partial charge in [0.15, 0.2) is 5.69 Å². The Kier molecular flexibility index (Phi) is 3.93. The van der Waals surface area contributed by atoms with Crippen molar-refractivity contribution in [3.63, 3.8) is 0 Å². The van der Waals surface area contributed by atoms with Gasteiger partial charge in [0.25, 0.3) is 5.91 Å². The van der Waals surface area contributed by atoms with Gasteiger partial charge in [-0.2, -0.15) is 5.10 Å². The van der Waals surface area contributed by atoms with E-state index in [1.54, 1.807) is 12.1 Å². The molecule has 2 N–H and O–H groups in total. The predicted molar refractivity (Wildman–Crippen MR) is 88.5 cm³/mol. The van der Waals surface area contributed by atoms with Crippen LogP contribution in [0.4, 0.5) is 10.1 Å². The van der Waals surface area contributed by atoms with Crippen molar-refractivity contribution < 1.29 is 9.18 Å². The smallest absolute Gasteiger partial charge is 0.274 e. The number of anilines is 1. The van der Waals surface area contributed by atoms with Crippen molar-refractivity contribution in [3.05, 3.63) is 47.0 Å². The van der Waals surface area contributed by atoms with Crippen LogP contribution in [0, 0.1) is 5.82 Å². The molecule has 0 unspecified atom stereocenters. The molecular weight excluding hydrogens is 309 g/mol. The number of aromatic nitrogens is 2. The fraction of sp³-hybridized carbons (Fsp3) is 0.412. The lowest BCUT2D eigenvalue weighted by Crippen LogP contribution is -2.49. The highest BCUT2D eigenvalue weighted by Crippen LogP contribution is 2.20. The second-order valence-electron chi connectivity index (χ2n) is 6.21. The van der Waals surface area contributed by atoms with Crippen LogP contribution in [0.2, 0.25) is 0 Å². The van der Waals surface area contributed by atoms with Gasteiger partial charge in [0, 0.05) is 62.6 Å². The van der Waals surface area contributed by atoms with Gasteiger partial charge in [-0.1, -0.05) is 0 Å². The number of piperazine rings is 1. The quantitative estimate of drug-likeness (QED) is 0.868. The van der Waals surface area contributed by atoms with Gasteiger partial charge in [-0.25, -0.2) is 4.39 Å². The summed E-state index contributed by atoms with van der Waals surface area (Å²) in [5.41, 5.74) is 3.62. The molecule has 0 bridgehead atoms. The number of hydrogen-bond acceptors (Lipinski definition) is 4. The minimum Gasteiger partial charge on any atom is -0.368 e. The molecule has 2 aliphatic rings. The molecule has 0 aliphatic carbocycles. The third-order valence-electron chi connectivity index (χ3n) is 4.77. The molecule has 2 aliphatic heterocycles. The molecule has 4 rings (SSSR count). The minimum atomic E-state index is -0.232. The summed E-state index contributed by atoms with van der Waals surface area (Å²) in [5.74, 6) is -0.237. The lowest BCUT2D eigenvalue weighted by Gasteiger charge is -2.36. The number of H-pyrrole nitrogens is 1. The average Bonchev–Trinajstić information content (AvgIpc) is 3.06. The summed E-state index contributed by atoms with van der Waals surface area (Å²) in [5, 5.41) is 10.5. The zero-order chi connectivity index (χ0) is 16.5. The van der Waals surface area contributed by atoms with Crippen LogP contribution >= 0.6 is 0 Å². The summed E-state index contributed by atoms with van der Waals surface area (Å²) in [4.78, 5) is 16.8. The van der Waals surface area contributed by atoms with E-state index in [1.807, 2.05) is 4.90 Å². The molecule has 1 aromatic carbocycles. The standard InChI is InChI=1S/C17H20FN5O/c18-12-1-3-13(4-2-12)22-7-9-23(10-8-22)17(24)16-14-11-19-6-5-15(14)20-21-16/h1-4,19H,5-11H2,(H,20,21). The molecule has 126 valence electrons. The Hall–Kier alpha value is -2.41. The van der Waals surface area contributed by atoms with Gasteiger partial charge in [0.1, 0.15) is 5.82 Å². The number of nitrogens with zero attached hydrogens (tertiary/aromatic N) is 3. The lowest BCUT2D eigenvalue weighted by molar-refractivity contribution is 0.0739. The first-order chi connectivity index (χ1) is 11.7. The van der Waals surface area contributed by atoms with Crippen LogP contribution in [0.15, 0.2) is 24.3 Å². The van der Waals surface area contributed by atoms with E-state index in [-0.39, 0.29) is 11.7 Å². The number of fused-ring (bicyclic) bond motifs is 1. The second kappa shape index (κ2) is 6.24. The fourth-order valence-corrected chi connectivity index (χ4v) is 3.37. The number of rotatable bonds is 2. The summed E-state index contributed by atoms with van der Waals surface area (Å²) in [7, 11) is 0. The third-order valence-corrected chi connectivity index (χ3v) is 4.77. The highest BCUT2D eigenvalue weighted by atomic mass is 19.1. The molecule has 0 atom stereocenters. The van der Waals surface area contributed by atoms with Gasteiger partial charge < -0.3 is 15.1 Å². The van der Waals surface area contributed by atoms with E-state index in [9.17, 15) is 9.18 Å². The predicted octanol–water partition coefficient (Wildman–Crippen LogP) is 1.16. The molecule has 1 amide bonds. The van der Waals surface area contributed by atoms with E-state index >= 15 is 0 Å². The van der Waals surface area contributed by atoms with Crippen LogP contribution < -0.4 is 10.2 Å². The van der Waals surface area contributed by atoms with E-state index in [4.69, 9.17) is 0 Å². The van der Waals surface area contributed by atoms with Crippen LogP contribution in [0.25, 0.3) is 0 Å². The van der Waals surface area contributed by atoms with E-state index < -0.39 is 0 Å². The maximum absolute atomic E-state index is 13.0. The van der Waals surface area contributed by atoms with Crippen LogP contribution in [0.5, 0.6) is 0 Å². The molecule has 24 heavy (non-hydrogen) atoms. The van der Waals surface area contributed by atoms with Gasteiger partial charge in [-0.3, -0.25) is 9.89 Å². The van der Waals surface area contributed by atoms with Crippen molar-refractivity contribution in [1.29, 1.82) is 0 Å². The topological polar surface area (TPSA) is 64.3 Å². The Bertz CT molecular complexity index is 734. The molecule has 3 heterocycles. The van der Waals surface area contributed by atoms with E-state index in [2.05, 4.69) is 20.4 Å². The number of carbonyl (C=O) groups is 1. The van der Waals surface area contributed by atoms with Gasteiger partial charge in [-0.05, 0) is 24.3 Å². The van der Waals surface area contributed by atoms with Crippen molar-refractivity contribution in [1.82, 2.24) is 20.4 Å². The maximum Gasteiger partial charge on any atom is 0.274 e. The zero-order valence-electron chi connectivity index (χ0n) is 13.4. The first kappa shape index (κ1) is 15.1. The number of aromatic amines is 1. The molecule has 1 saturated heterocycles. The van der Waals surface area contributed by atoms with Crippen LogP contribution in [0.3, 0.4) is 0 Å². The second-order valence-corrected chi connectivity index (χ2v) is 6.21. The van der Waals surface area contributed by atoms with Gasteiger partial charge in [-0.15, -0.1) is 0 Å². The Morgan fingerprint density at radius 1 is 1.12 bits per heavy atom. The van der Waals surface area contributed by atoms with Gasteiger partial charge in [0.05, 0.1) is 0 Å². The van der Waals surface area contributed by atoms with E-state index in [1.165, 1.54) is 12.1 Å². The summed E-state index contributed by atoms with van der Waals surface area (Å²) in [6.45, 7) is 4.38. The fourth-order valence-electron chi connectivity index (χ4n) is 3.37. The number of carbonyl (C=O) groups excluding carboxylic acids is 1.